The Morgan fingerprint density at radius 2 is 1.79 bits per heavy atom. The van der Waals surface area contributed by atoms with Crippen LogP contribution in [0.3, 0.4) is 0 Å². The van der Waals surface area contributed by atoms with Gasteiger partial charge in [-0.3, -0.25) is 14.6 Å². The molecule has 0 N–H and O–H groups in total. The Kier molecular flexibility index (Phi) is 4.69. The summed E-state index contributed by atoms with van der Waals surface area (Å²) in [6, 6.07) is 7.12. The van der Waals surface area contributed by atoms with E-state index in [2.05, 4.69) is 20.5 Å². The Morgan fingerprint density at radius 3 is 2.52 bits per heavy atom. The summed E-state index contributed by atoms with van der Waals surface area (Å²) in [5.74, 6) is -1.86. The SMILES string of the molecule is O=C1[C@@H]2N=NN(Cc3nc(-c4cccc(C(F)(F)F)c4)no3)[C@H]2C(=O)N1c1ccc(F)cc1. The average molecular weight is 460 g/mol. The number of anilines is 1. The summed E-state index contributed by atoms with van der Waals surface area (Å²) in [4.78, 5) is 30.6. The van der Waals surface area contributed by atoms with Gasteiger partial charge >= 0.3 is 6.18 Å². The summed E-state index contributed by atoms with van der Waals surface area (Å²) in [5.41, 5.74) is -0.575. The van der Waals surface area contributed by atoms with E-state index in [9.17, 15) is 27.2 Å². The van der Waals surface area contributed by atoms with Crippen LogP contribution < -0.4 is 4.90 Å². The molecule has 9 nitrogen and oxygen atoms in total. The lowest BCUT2D eigenvalue weighted by molar-refractivity contribution is -0.137. The van der Waals surface area contributed by atoms with Crippen LogP contribution in [0.4, 0.5) is 23.2 Å². The number of fused-ring (bicyclic) bond motifs is 1. The molecule has 3 heterocycles. The van der Waals surface area contributed by atoms with Gasteiger partial charge in [-0.1, -0.05) is 22.5 Å². The van der Waals surface area contributed by atoms with E-state index in [-0.39, 0.29) is 29.5 Å². The zero-order chi connectivity index (χ0) is 23.3. The van der Waals surface area contributed by atoms with Crippen molar-refractivity contribution in [3.05, 3.63) is 65.8 Å². The molecule has 0 bridgehead atoms. The fraction of sp³-hybridized carbons (Fsp3) is 0.200. The van der Waals surface area contributed by atoms with Gasteiger partial charge in [-0.25, -0.2) is 9.29 Å². The van der Waals surface area contributed by atoms with E-state index in [1.165, 1.54) is 29.3 Å². The molecule has 2 atom stereocenters. The van der Waals surface area contributed by atoms with Gasteiger partial charge in [-0.2, -0.15) is 23.3 Å². The van der Waals surface area contributed by atoms with Gasteiger partial charge in [-0.15, -0.1) is 0 Å². The van der Waals surface area contributed by atoms with Crippen LogP contribution >= 0.6 is 0 Å². The maximum atomic E-state index is 13.2. The fourth-order valence-electron chi connectivity index (χ4n) is 3.61. The van der Waals surface area contributed by atoms with Crippen molar-refractivity contribution in [1.29, 1.82) is 0 Å². The average Bonchev–Trinajstić information content (AvgIpc) is 3.47. The molecule has 0 radical (unpaired) electrons. The van der Waals surface area contributed by atoms with Crippen LogP contribution in [-0.4, -0.2) is 39.0 Å². The number of nitrogens with zero attached hydrogens (tertiary/aromatic N) is 6. The zero-order valence-electron chi connectivity index (χ0n) is 16.4. The van der Waals surface area contributed by atoms with E-state index in [1.54, 1.807) is 0 Å². The second kappa shape index (κ2) is 7.46. The number of imide groups is 1. The molecule has 2 aromatic carbocycles. The van der Waals surface area contributed by atoms with E-state index < -0.39 is 41.5 Å². The number of halogens is 4. The monoisotopic (exact) mass is 460 g/mol. The molecular formula is C20H12F4N6O3. The first-order chi connectivity index (χ1) is 15.7. The summed E-state index contributed by atoms with van der Waals surface area (Å²) in [6.45, 7) is -0.201. The highest BCUT2D eigenvalue weighted by Gasteiger charge is 2.55. The van der Waals surface area contributed by atoms with Gasteiger partial charge in [0.25, 0.3) is 11.8 Å². The van der Waals surface area contributed by atoms with Gasteiger partial charge in [0.2, 0.25) is 11.7 Å². The van der Waals surface area contributed by atoms with Crippen molar-refractivity contribution in [1.82, 2.24) is 15.1 Å². The second-order valence-electron chi connectivity index (χ2n) is 7.27. The largest absolute Gasteiger partial charge is 0.416 e. The molecule has 1 saturated heterocycles. The van der Waals surface area contributed by atoms with Gasteiger partial charge < -0.3 is 4.52 Å². The number of hydrogen-bond acceptors (Lipinski definition) is 8. The minimum absolute atomic E-state index is 0.0394. The topological polar surface area (TPSA) is 104 Å². The van der Waals surface area contributed by atoms with E-state index in [4.69, 9.17) is 4.52 Å². The third-order valence-electron chi connectivity index (χ3n) is 5.16. The maximum Gasteiger partial charge on any atom is 0.416 e. The van der Waals surface area contributed by atoms with Crippen LogP contribution in [-0.2, 0) is 22.3 Å². The van der Waals surface area contributed by atoms with Gasteiger partial charge in [0.1, 0.15) is 12.4 Å². The van der Waals surface area contributed by atoms with Gasteiger partial charge in [0.15, 0.2) is 12.1 Å². The number of benzene rings is 2. The molecule has 0 unspecified atom stereocenters. The molecule has 2 aliphatic heterocycles. The number of hydrogen-bond donors (Lipinski definition) is 0. The second-order valence-corrected chi connectivity index (χ2v) is 7.27. The van der Waals surface area contributed by atoms with Crippen molar-refractivity contribution in [2.45, 2.75) is 24.8 Å². The van der Waals surface area contributed by atoms with E-state index in [0.717, 1.165) is 29.2 Å². The highest BCUT2D eigenvalue weighted by atomic mass is 19.4. The molecule has 33 heavy (non-hydrogen) atoms. The van der Waals surface area contributed by atoms with Crippen molar-refractivity contribution in [3.63, 3.8) is 0 Å². The number of rotatable bonds is 4. The standard InChI is InChI=1S/C20H12F4N6O3/c21-12-4-6-13(7-5-12)30-18(31)15-16(19(30)32)29(28-26-15)9-14-25-17(27-33-14)10-2-1-3-11(8-10)20(22,23)24/h1-8,15-16H,9H2/t15-,16-/m1/s1. The smallest absolute Gasteiger partial charge is 0.337 e. The number of aromatic nitrogens is 2. The van der Waals surface area contributed by atoms with Crippen LogP contribution in [0.5, 0.6) is 0 Å². The molecule has 3 aromatic rings. The molecule has 1 aromatic heterocycles. The first kappa shape index (κ1) is 20.7. The van der Waals surface area contributed by atoms with Crippen LogP contribution in [0.15, 0.2) is 63.4 Å². The van der Waals surface area contributed by atoms with Crippen LogP contribution in [0.2, 0.25) is 0 Å². The first-order valence-electron chi connectivity index (χ1n) is 9.53. The van der Waals surface area contributed by atoms with Crippen LogP contribution in [0.25, 0.3) is 11.4 Å². The lowest BCUT2D eigenvalue weighted by Crippen LogP contribution is -2.39. The molecule has 2 amide bonds. The van der Waals surface area contributed by atoms with Gasteiger partial charge in [-0.05, 0) is 36.4 Å². The molecule has 5 rings (SSSR count). The van der Waals surface area contributed by atoms with Crippen molar-refractivity contribution in [2.24, 2.45) is 10.3 Å². The molecule has 0 saturated carbocycles. The van der Waals surface area contributed by atoms with Gasteiger partial charge in [0, 0.05) is 5.56 Å². The first-order valence-corrected chi connectivity index (χ1v) is 9.53. The molecule has 0 aliphatic carbocycles. The minimum Gasteiger partial charge on any atom is -0.337 e. The Morgan fingerprint density at radius 1 is 1.03 bits per heavy atom. The van der Waals surface area contributed by atoms with Crippen molar-refractivity contribution in [3.8, 4) is 11.4 Å². The predicted molar refractivity (Wildman–Crippen MR) is 102 cm³/mol. The Labute approximate surface area is 182 Å². The Balaban J connectivity index is 1.35. The lowest BCUT2D eigenvalue weighted by atomic mass is 10.1. The number of carbonyl (C=O) groups excluding carboxylic acids is 2. The van der Waals surface area contributed by atoms with Crippen molar-refractivity contribution >= 4 is 17.5 Å². The number of carbonyl (C=O) groups is 2. The lowest BCUT2D eigenvalue weighted by Gasteiger charge is -2.19. The summed E-state index contributed by atoms with van der Waals surface area (Å²) in [5, 5.41) is 12.6. The maximum absolute atomic E-state index is 13.2. The van der Waals surface area contributed by atoms with Crippen LogP contribution in [0, 0.1) is 5.82 Å². The van der Waals surface area contributed by atoms with E-state index in [0.29, 0.717) is 0 Å². The summed E-state index contributed by atoms with van der Waals surface area (Å²) in [7, 11) is 0. The molecule has 1 fully saturated rings. The third-order valence-corrected chi connectivity index (χ3v) is 5.16. The van der Waals surface area contributed by atoms with Crippen molar-refractivity contribution < 1.29 is 31.7 Å². The zero-order valence-corrected chi connectivity index (χ0v) is 16.4. The summed E-state index contributed by atoms with van der Waals surface area (Å²) < 4.78 is 57.2. The summed E-state index contributed by atoms with van der Waals surface area (Å²) in [6.07, 6.45) is -4.53. The predicted octanol–water partition coefficient (Wildman–Crippen LogP) is 3.39. The molecular weight excluding hydrogens is 448 g/mol. The van der Waals surface area contributed by atoms with E-state index in [1.807, 2.05) is 0 Å². The Hall–Kier alpha value is -4.16. The molecule has 168 valence electrons. The number of alkyl halides is 3. The number of amides is 2. The molecule has 13 heteroatoms. The highest BCUT2D eigenvalue weighted by molar-refractivity contribution is 6.25. The highest BCUT2D eigenvalue weighted by Crippen LogP contribution is 2.34. The molecule has 2 aliphatic rings. The minimum atomic E-state index is -4.53. The van der Waals surface area contributed by atoms with Crippen LogP contribution in [0.1, 0.15) is 11.5 Å². The Bertz CT molecular complexity index is 1270. The quantitative estimate of drug-likeness (QED) is 0.437. The normalized spacial score (nSPS) is 20.1. The van der Waals surface area contributed by atoms with Crippen molar-refractivity contribution in [2.75, 3.05) is 4.90 Å². The third kappa shape index (κ3) is 3.60. The summed E-state index contributed by atoms with van der Waals surface area (Å²) >= 11 is 0. The molecule has 0 spiro atoms. The fourth-order valence-corrected chi connectivity index (χ4v) is 3.61. The van der Waals surface area contributed by atoms with Gasteiger partial charge in [0.05, 0.1) is 11.3 Å². The van der Waals surface area contributed by atoms with E-state index >= 15 is 0 Å².